The zero-order chi connectivity index (χ0) is 20.1. The van der Waals surface area contributed by atoms with Gasteiger partial charge in [-0.15, -0.1) is 0 Å². The molecular weight excluding hydrogens is 392 g/mol. The molecule has 0 spiro atoms. The Balaban J connectivity index is 1.62. The molecule has 3 heterocycles. The van der Waals surface area contributed by atoms with Crippen molar-refractivity contribution in [1.82, 2.24) is 4.57 Å². The number of fused-ring (bicyclic) bond motifs is 2. The van der Waals surface area contributed by atoms with Gasteiger partial charge in [0.25, 0.3) is 0 Å². The van der Waals surface area contributed by atoms with Gasteiger partial charge >= 0.3 is 4.87 Å². The van der Waals surface area contributed by atoms with Crippen LogP contribution in [0.2, 0.25) is 0 Å². The Hall–Kier alpha value is -3.26. The smallest absolute Gasteiger partial charge is 0.308 e. The summed E-state index contributed by atoms with van der Waals surface area (Å²) in [6.45, 7) is 0.192. The monoisotopic (exact) mass is 410 g/mol. The number of rotatable bonds is 3. The summed E-state index contributed by atoms with van der Waals surface area (Å²) >= 11 is 1.18. The van der Waals surface area contributed by atoms with Crippen LogP contribution in [0.1, 0.15) is 22.8 Å². The van der Waals surface area contributed by atoms with Crippen molar-refractivity contribution >= 4 is 28.7 Å². The molecule has 3 aromatic rings. The largest absolute Gasteiger partial charge is 0.497 e. The molecule has 1 aromatic heterocycles. The summed E-state index contributed by atoms with van der Waals surface area (Å²) in [6.07, 6.45) is 0.263. The van der Waals surface area contributed by atoms with Gasteiger partial charge in [-0.3, -0.25) is 19.1 Å². The molecule has 0 saturated heterocycles. The van der Waals surface area contributed by atoms with Crippen LogP contribution in [0.25, 0.3) is 0 Å². The van der Waals surface area contributed by atoms with Crippen molar-refractivity contribution in [3.8, 4) is 17.2 Å². The van der Waals surface area contributed by atoms with Crippen molar-refractivity contribution in [2.75, 3.05) is 18.8 Å². The Morgan fingerprint density at radius 1 is 1.07 bits per heavy atom. The summed E-state index contributed by atoms with van der Waals surface area (Å²) in [5.74, 6) is 2.40. The van der Waals surface area contributed by atoms with Crippen LogP contribution in [-0.4, -0.2) is 24.4 Å². The first-order valence-corrected chi connectivity index (χ1v) is 9.94. The molecule has 0 aliphatic carbocycles. The minimum atomic E-state index is -0.208. The summed E-state index contributed by atoms with van der Waals surface area (Å²) in [5.41, 5.74) is 1.63. The highest BCUT2D eigenvalue weighted by Gasteiger charge is 2.37. The molecule has 0 unspecified atom stereocenters. The SMILES string of the molecule is COc1ccc(N2C(=O)C[C@H](c3ccc4c(c3)OCO4)c3sc(=O)n(C)c32)cc1. The average Bonchev–Trinajstić information content (AvgIpc) is 3.32. The van der Waals surface area contributed by atoms with Crippen LogP contribution in [0.3, 0.4) is 0 Å². The molecule has 2 aromatic carbocycles. The van der Waals surface area contributed by atoms with Gasteiger partial charge in [0, 0.05) is 19.4 Å². The van der Waals surface area contributed by atoms with E-state index in [1.807, 2.05) is 30.3 Å². The minimum Gasteiger partial charge on any atom is -0.497 e. The van der Waals surface area contributed by atoms with E-state index >= 15 is 0 Å². The molecule has 2 aliphatic heterocycles. The maximum atomic E-state index is 13.2. The first-order chi connectivity index (χ1) is 14.1. The second-order valence-electron chi connectivity index (χ2n) is 6.91. The topological polar surface area (TPSA) is 70.0 Å². The fraction of sp³-hybridized carbons (Fsp3) is 0.238. The molecule has 148 valence electrons. The Kier molecular flexibility index (Phi) is 4.09. The lowest BCUT2D eigenvalue weighted by molar-refractivity contribution is -0.118. The lowest BCUT2D eigenvalue weighted by atomic mass is 9.90. The highest BCUT2D eigenvalue weighted by atomic mass is 32.1. The second kappa shape index (κ2) is 6.66. The summed E-state index contributed by atoms with van der Waals surface area (Å²) in [5, 5.41) is 0. The molecule has 0 fully saturated rings. The van der Waals surface area contributed by atoms with E-state index in [0.29, 0.717) is 28.8 Å². The van der Waals surface area contributed by atoms with E-state index in [1.165, 1.54) is 11.3 Å². The number of hydrogen-bond donors (Lipinski definition) is 0. The predicted octanol–water partition coefficient (Wildman–Crippen LogP) is 3.38. The van der Waals surface area contributed by atoms with Gasteiger partial charge in [-0.05, 0) is 42.0 Å². The number of aromatic nitrogens is 1. The first kappa shape index (κ1) is 17.8. The normalized spacial score (nSPS) is 17.4. The summed E-state index contributed by atoms with van der Waals surface area (Å²) in [4.78, 5) is 28.1. The molecule has 29 heavy (non-hydrogen) atoms. The number of benzene rings is 2. The van der Waals surface area contributed by atoms with E-state index in [1.54, 1.807) is 35.8 Å². The maximum Gasteiger partial charge on any atom is 0.308 e. The number of nitrogens with zero attached hydrogens (tertiary/aromatic N) is 2. The molecule has 0 N–H and O–H groups in total. The van der Waals surface area contributed by atoms with E-state index in [2.05, 4.69) is 0 Å². The van der Waals surface area contributed by atoms with E-state index in [0.717, 1.165) is 10.4 Å². The molecule has 1 atom stereocenters. The van der Waals surface area contributed by atoms with Gasteiger partial charge in [0.1, 0.15) is 11.6 Å². The molecular formula is C21H18N2O5S. The fourth-order valence-electron chi connectivity index (χ4n) is 3.82. The summed E-state index contributed by atoms with van der Waals surface area (Å²) in [7, 11) is 3.29. The van der Waals surface area contributed by atoms with Gasteiger partial charge in [-0.25, -0.2) is 0 Å². The Labute approximate surface area is 170 Å². The van der Waals surface area contributed by atoms with Crippen LogP contribution >= 0.6 is 11.3 Å². The van der Waals surface area contributed by atoms with Crippen molar-refractivity contribution in [3.05, 3.63) is 62.6 Å². The van der Waals surface area contributed by atoms with Crippen LogP contribution in [0, 0.1) is 0 Å². The van der Waals surface area contributed by atoms with Gasteiger partial charge in [0.05, 0.1) is 17.7 Å². The molecule has 7 nitrogen and oxygen atoms in total. The molecule has 5 rings (SSSR count). The van der Waals surface area contributed by atoms with Crippen LogP contribution in [0.15, 0.2) is 47.3 Å². The van der Waals surface area contributed by atoms with Crippen LogP contribution < -0.4 is 24.0 Å². The Morgan fingerprint density at radius 3 is 2.59 bits per heavy atom. The van der Waals surface area contributed by atoms with Crippen molar-refractivity contribution in [2.45, 2.75) is 12.3 Å². The molecule has 0 radical (unpaired) electrons. The van der Waals surface area contributed by atoms with Gasteiger partial charge in [0.15, 0.2) is 11.5 Å². The lowest BCUT2D eigenvalue weighted by Gasteiger charge is -2.32. The first-order valence-electron chi connectivity index (χ1n) is 9.13. The van der Waals surface area contributed by atoms with Gasteiger partial charge < -0.3 is 14.2 Å². The Morgan fingerprint density at radius 2 is 1.83 bits per heavy atom. The molecule has 0 bridgehead atoms. The number of thiazole rings is 1. The molecule has 2 aliphatic rings. The van der Waals surface area contributed by atoms with Crippen molar-refractivity contribution in [1.29, 1.82) is 0 Å². The van der Waals surface area contributed by atoms with E-state index < -0.39 is 0 Å². The number of ether oxygens (including phenoxy) is 3. The van der Waals surface area contributed by atoms with E-state index in [-0.39, 0.29) is 29.9 Å². The number of carbonyl (C=O) groups excluding carboxylic acids is 1. The van der Waals surface area contributed by atoms with Crippen LogP contribution in [-0.2, 0) is 11.8 Å². The van der Waals surface area contributed by atoms with E-state index in [4.69, 9.17) is 14.2 Å². The van der Waals surface area contributed by atoms with Crippen LogP contribution in [0.4, 0.5) is 11.5 Å². The quantitative estimate of drug-likeness (QED) is 0.662. The number of amides is 1. The zero-order valence-electron chi connectivity index (χ0n) is 15.9. The van der Waals surface area contributed by atoms with Crippen LogP contribution in [0.5, 0.6) is 17.2 Å². The number of carbonyl (C=O) groups is 1. The Bertz CT molecular complexity index is 1160. The number of hydrogen-bond acceptors (Lipinski definition) is 6. The predicted molar refractivity (Wildman–Crippen MR) is 109 cm³/mol. The van der Waals surface area contributed by atoms with Crippen molar-refractivity contribution in [3.63, 3.8) is 0 Å². The van der Waals surface area contributed by atoms with Crippen molar-refractivity contribution in [2.24, 2.45) is 7.05 Å². The standard InChI is InChI=1S/C21H18N2O5S/c1-22-20-19(29-21(22)25)15(12-3-8-16-17(9-12)28-11-27-16)10-18(24)23(20)13-4-6-14(26-2)7-5-13/h3-9,15H,10-11H2,1-2H3/t15-/m1/s1. The molecule has 1 amide bonds. The fourth-order valence-corrected chi connectivity index (χ4v) is 4.91. The summed E-state index contributed by atoms with van der Waals surface area (Å²) < 4.78 is 17.6. The highest BCUT2D eigenvalue weighted by Crippen LogP contribution is 2.46. The third-order valence-electron chi connectivity index (χ3n) is 5.30. The lowest BCUT2D eigenvalue weighted by Crippen LogP contribution is -2.34. The summed E-state index contributed by atoms with van der Waals surface area (Å²) in [6, 6.07) is 12.9. The van der Waals surface area contributed by atoms with Crippen molar-refractivity contribution < 1.29 is 19.0 Å². The van der Waals surface area contributed by atoms with Gasteiger partial charge in [-0.2, -0.15) is 0 Å². The third kappa shape index (κ3) is 2.79. The maximum absolute atomic E-state index is 13.2. The zero-order valence-corrected chi connectivity index (χ0v) is 16.7. The highest BCUT2D eigenvalue weighted by molar-refractivity contribution is 7.10. The molecule has 0 saturated carbocycles. The molecule has 8 heteroatoms. The number of methoxy groups -OCH3 is 1. The second-order valence-corrected chi connectivity index (χ2v) is 7.90. The van der Waals surface area contributed by atoms with Gasteiger partial charge in [-0.1, -0.05) is 17.4 Å². The number of anilines is 2. The third-order valence-corrected chi connectivity index (χ3v) is 6.43. The average molecular weight is 410 g/mol. The minimum absolute atomic E-state index is 0.0706. The van der Waals surface area contributed by atoms with E-state index in [9.17, 15) is 9.59 Å². The van der Waals surface area contributed by atoms with Gasteiger partial charge in [0.2, 0.25) is 12.7 Å².